The van der Waals surface area contributed by atoms with Crippen LogP contribution in [0.2, 0.25) is 0 Å². The van der Waals surface area contributed by atoms with E-state index in [0.29, 0.717) is 6.04 Å². The number of nitrogens with zero attached hydrogens (tertiary/aromatic N) is 3. The number of rotatable bonds is 6. The van der Waals surface area contributed by atoms with Crippen molar-refractivity contribution in [1.29, 1.82) is 0 Å². The quantitative estimate of drug-likeness (QED) is 0.885. The SMILES string of the molecule is CCCNC1CCCc2cn(CCn3ccnc3C)cc21. The van der Waals surface area contributed by atoms with Crippen LogP contribution in [0.5, 0.6) is 0 Å². The first kappa shape index (κ1) is 14.4. The largest absolute Gasteiger partial charge is 0.352 e. The fraction of sp³-hybridized carbons (Fsp3) is 0.588. The van der Waals surface area contributed by atoms with Gasteiger partial charge in [0, 0.05) is 43.9 Å². The molecule has 3 rings (SSSR count). The Hall–Kier alpha value is -1.55. The van der Waals surface area contributed by atoms with Crippen molar-refractivity contribution >= 4 is 0 Å². The molecule has 1 aliphatic rings. The van der Waals surface area contributed by atoms with Gasteiger partial charge in [0.25, 0.3) is 0 Å². The summed E-state index contributed by atoms with van der Waals surface area (Å²) in [5.41, 5.74) is 3.06. The Morgan fingerprint density at radius 3 is 3.00 bits per heavy atom. The summed E-state index contributed by atoms with van der Waals surface area (Å²) in [6, 6.07) is 0.560. The maximum atomic E-state index is 4.28. The number of imidazole rings is 1. The fourth-order valence-electron chi connectivity index (χ4n) is 3.27. The highest BCUT2D eigenvalue weighted by Gasteiger charge is 2.21. The Bertz CT molecular complexity index is 581. The van der Waals surface area contributed by atoms with E-state index < -0.39 is 0 Å². The summed E-state index contributed by atoms with van der Waals surface area (Å²) in [7, 11) is 0. The molecule has 1 aliphatic carbocycles. The lowest BCUT2D eigenvalue weighted by molar-refractivity contribution is 0.461. The molecule has 0 saturated heterocycles. The van der Waals surface area contributed by atoms with Gasteiger partial charge in [-0.05, 0) is 50.3 Å². The fourth-order valence-corrected chi connectivity index (χ4v) is 3.27. The zero-order chi connectivity index (χ0) is 14.7. The van der Waals surface area contributed by atoms with E-state index in [1.165, 1.54) is 36.8 Å². The number of hydrogen-bond donors (Lipinski definition) is 1. The van der Waals surface area contributed by atoms with Gasteiger partial charge in [-0.1, -0.05) is 6.92 Å². The van der Waals surface area contributed by atoms with E-state index in [-0.39, 0.29) is 0 Å². The van der Waals surface area contributed by atoms with Crippen LogP contribution in [0, 0.1) is 6.92 Å². The van der Waals surface area contributed by atoms with Crippen molar-refractivity contribution in [2.75, 3.05) is 6.54 Å². The van der Waals surface area contributed by atoms with E-state index in [2.05, 4.69) is 51.9 Å². The Labute approximate surface area is 127 Å². The van der Waals surface area contributed by atoms with E-state index in [1.807, 2.05) is 6.20 Å². The molecule has 0 spiro atoms. The molecular weight excluding hydrogens is 260 g/mol. The van der Waals surface area contributed by atoms with Crippen LogP contribution in [-0.2, 0) is 19.5 Å². The number of nitrogens with one attached hydrogen (secondary N) is 1. The molecule has 4 nitrogen and oxygen atoms in total. The van der Waals surface area contributed by atoms with Crippen molar-refractivity contribution in [3.63, 3.8) is 0 Å². The van der Waals surface area contributed by atoms with E-state index >= 15 is 0 Å². The van der Waals surface area contributed by atoms with Crippen LogP contribution in [0.4, 0.5) is 0 Å². The van der Waals surface area contributed by atoms with E-state index in [0.717, 1.165) is 25.5 Å². The first-order valence-corrected chi connectivity index (χ1v) is 8.17. The van der Waals surface area contributed by atoms with Crippen LogP contribution >= 0.6 is 0 Å². The zero-order valence-corrected chi connectivity index (χ0v) is 13.2. The van der Waals surface area contributed by atoms with Crippen molar-refractivity contribution in [2.45, 2.75) is 58.7 Å². The van der Waals surface area contributed by atoms with Crippen molar-refractivity contribution in [1.82, 2.24) is 19.4 Å². The average Bonchev–Trinajstić information content (AvgIpc) is 3.08. The molecule has 2 aromatic heterocycles. The first-order valence-electron chi connectivity index (χ1n) is 8.17. The third-order valence-electron chi connectivity index (χ3n) is 4.48. The monoisotopic (exact) mass is 286 g/mol. The smallest absolute Gasteiger partial charge is 0.105 e. The van der Waals surface area contributed by atoms with Gasteiger partial charge in [0.1, 0.15) is 5.82 Å². The minimum Gasteiger partial charge on any atom is -0.352 e. The second kappa shape index (κ2) is 6.48. The van der Waals surface area contributed by atoms with Gasteiger partial charge in [-0.3, -0.25) is 0 Å². The van der Waals surface area contributed by atoms with Gasteiger partial charge in [0.05, 0.1) is 0 Å². The molecule has 114 valence electrons. The zero-order valence-electron chi connectivity index (χ0n) is 13.2. The molecule has 4 heteroatoms. The van der Waals surface area contributed by atoms with Gasteiger partial charge in [-0.2, -0.15) is 0 Å². The predicted molar refractivity (Wildman–Crippen MR) is 85.4 cm³/mol. The minimum absolute atomic E-state index is 0.560. The summed E-state index contributed by atoms with van der Waals surface area (Å²) in [6.07, 6.45) is 13.7. The maximum Gasteiger partial charge on any atom is 0.105 e. The summed E-state index contributed by atoms with van der Waals surface area (Å²) in [6.45, 7) is 7.42. The van der Waals surface area contributed by atoms with Gasteiger partial charge < -0.3 is 14.5 Å². The van der Waals surface area contributed by atoms with Crippen LogP contribution in [0.1, 0.15) is 49.2 Å². The highest BCUT2D eigenvalue weighted by atomic mass is 15.1. The molecule has 1 atom stereocenters. The Morgan fingerprint density at radius 2 is 2.24 bits per heavy atom. The molecule has 0 saturated carbocycles. The lowest BCUT2D eigenvalue weighted by atomic mass is 9.91. The molecule has 0 bridgehead atoms. The van der Waals surface area contributed by atoms with Gasteiger partial charge in [-0.25, -0.2) is 4.98 Å². The normalized spacial score (nSPS) is 17.9. The third-order valence-corrected chi connectivity index (χ3v) is 4.48. The Balaban J connectivity index is 1.68. The molecule has 1 unspecified atom stereocenters. The molecule has 0 amide bonds. The summed E-state index contributed by atoms with van der Waals surface area (Å²) in [4.78, 5) is 4.28. The topological polar surface area (TPSA) is 34.8 Å². The first-order chi connectivity index (χ1) is 10.3. The van der Waals surface area contributed by atoms with Crippen molar-refractivity contribution < 1.29 is 0 Å². The van der Waals surface area contributed by atoms with Gasteiger partial charge in [0.15, 0.2) is 0 Å². The number of aryl methyl sites for hydroxylation is 4. The molecule has 2 aromatic rings. The lowest BCUT2D eigenvalue weighted by Gasteiger charge is -2.23. The molecule has 21 heavy (non-hydrogen) atoms. The van der Waals surface area contributed by atoms with E-state index in [9.17, 15) is 0 Å². The molecule has 2 heterocycles. The van der Waals surface area contributed by atoms with Crippen molar-refractivity contribution in [2.24, 2.45) is 0 Å². The lowest BCUT2D eigenvalue weighted by Crippen LogP contribution is -2.24. The van der Waals surface area contributed by atoms with Crippen LogP contribution in [-0.4, -0.2) is 20.7 Å². The maximum absolute atomic E-state index is 4.28. The molecule has 0 aromatic carbocycles. The van der Waals surface area contributed by atoms with Crippen molar-refractivity contribution in [3.8, 4) is 0 Å². The second-order valence-corrected chi connectivity index (χ2v) is 6.04. The number of fused-ring (bicyclic) bond motifs is 1. The minimum atomic E-state index is 0.560. The Morgan fingerprint density at radius 1 is 1.33 bits per heavy atom. The van der Waals surface area contributed by atoms with Gasteiger partial charge >= 0.3 is 0 Å². The summed E-state index contributed by atoms with van der Waals surface area (Å²) >= 11 is 0. The summed E-state index contributed by atoms with van der Waals surface area (Å²) in [5.74, 6) is 1.09. The van der Waals surface area contributed by atoms with Gasteiger partial charge in [-0.15, -0.1) is 0 Å². The molecule has 1 N–H and O–H groups in total. The van der Waals surface area contributed by atoms with E-state index in [4.69, 9.17) is 0 Å². The third kappa shape index (κ3) is 3.21. The molecular formula is C17H26N4. The standard InChI is InChI=1S/C17H26N4/c1-3-7-19-17-6-4-5-15-12-20(13-16(15)17)10-11-21-9-8-18-14(21)2/h8-9,12-13,17,19H,3-7,10-11H2,1-2H3. The highest BCUT2D eigenvalue weighted by Crippen LogP contribution is 2.30. The van der Waals surface area contributed by atoms with Crippen LogP contribution in [0.3, 0.4) is 0 Å². The van der Waals surface area contributed by atoms with Gasteiger partial charge in [0.2, 0.25) is 0 Å². The van der Waals surface area contributed by atoms with E-state index in [1.54, 1.807) is 0 Å². The molecule has 0 fully saturated rings. The molecule has 0 aliphatic heterocycles. The summed E-state index contributed by atoms with van der Waals surface area (Å²) in [5, 5.41) is 3.69. The van der Waals surface area contributed by atoms with Crippen LogP contribution in [0.15, 0.2) is 24.8 Å². The second-order valence-electron chi connectivity index (χ2n) is 6.04. The Kier molecular flexibility index (Phi) is 4.44. The summed E-state index contributed by atoms with van der Waals surface area (Å²) < 4.78 is 4.57. The number of hydrogen-bond acceptors (Lipinski definition) is 2. The van der Waals surface area contributed by atoms with Crippen molar-refractivity contribution in [3.05, 3.63) is 41.7 Å². The van der Waals surface area contributed by atoms with Crippen LogP contribution < -0.4 is 5.32 Å². The molecule has 0 radical (unpaired) electrons. The van der Waals surface area contributed by atoms with Crippen LogP contribution in [0.25, 0.3) is 0 Å². The average molecular weight is 286 g/mol. The number of aromatic nitrogens is 3. The highest BCUT2D eigenvalue weighted by molar-refractivity contribution is 5.30. The predicted octanol–water partition coefficient (Wildman–Crippen LogP) is 3.07.